The normalized spacial score (nSPS) is 22.7. The summed E-state index contributed by atoms with van der Waals surface area (Å²) in [6, 6.07) is 0.968. The Balaban J connectivity index is 2.27. The highest BCUT2D eigenvalue weighted by molar-refractivity contribution is 5.76. The molecule has 3 nitrogen and oxygen atoms in total. The van der Waals surface area contributed by atoms with Crippen molar-refractivity contribution in [1.82, 2.24) is 10.2 Å². The van der Waals surface area contributed by atoms with E-state index in [9.17, 15) is 4.79 Å². The van der Waals surface area contributed by atoms with Gasteiger partial charge in [0.1, 0.15) is 0 Å². The first-order valence-corrected chi connectivity index (χ1v) is 6.02. The topological polar surface area (TPSA) is 32.3 Å². The van der Waals surface area contributed by atoms with E-state index in [0.29, 0.717) is 24.4 Å². The molecule has 1 aliphatic rings. The molecule has 0 aromatic carbocycles. The summed E-state index contributed by atoms with van der Waals surface area (Å²) in [4.78, 5) is 14.0. The van der Waals surface area contributed by atoms with Gasteiger partial charge in [-0.3, -0.25) is 9.69 Å². The number of amides is 1. The van der Waals surface area contributed by atoms with E-state index in [4.69, 9.17) is 0 Å². The van der Waals surface area contributed by atoms with Crippen molar-refractivity contribution in [3.05, 3.63) is 0 Å². The zero-order valence-electron chi connectivity index (χ0n) is 10.4. The van der Waals surface area contributed by atoms with Gasteiger partial charge in [-0.15, -0.1) is 0 Å². The van der Waals surface area contributed by atoms with Gasteiger partial charge < -0.3 is 5.32 Å². The van der Waals surface area contributed by atoms with Crippen molar-refractivity contribution in [1.29, 1.82) is 0 Å². The fraction of sp³-hybridized carbons (Fsp3) is 0.917. The van der Waals surface area contributed by atoms with E-state index in [1.807, 2.05) is 0 Å². The summed E-state index contributed by atoms with van der Waals surface area (Å²) in [6.45, 7) is 10.7. The molecule has 0 aliphatic carbocycles. The molecule has 0 aromatic heterocycles. The molecule has 3 heteroatoms. The van der Waals surface area contributed by atoms with Crippen LogP contribution in [0.5, 0.6) is 0 Å². The zero-order valence-corrected chi connectivity index (χ0v) is 10.4. The van der Waals surface area contributed by atoms with E-state index < -0.39 is 0 Å². The number of hydrogen-bond donors (Lipinski definition) is 1. The van der Waals surface area contributed by atoms with Gasteiger partial charge in [-0.05, 0) is 26.2 Å². The number of likely N-dealkylation sites (tertiary alicyclic amines) is 1. The number of carbonyl (C=O) groups is 1. The Kier molecular flexibility index (Phi) is 4.58. The van der Waals surface area contributed by atoms with Crippen molar-refractivity contribution in [2.24, 2.45) is 5.92 Å². The van der Waals surface area contributed by atoms with Gasteiger partial charge in [0.05, 0.1) is 0 Å². The van der Waals surface area contributed by atoms with Crippen LogP contribution >= 0.6 is 0 Å². The Morgan fingerprint density at radius 2 is 2.07 bits per heavy atom. The first-order valence-electron chi connectivity index (χ1n) is 6.02. The SMILES string of the molecule is CC(C)CC(=O)N[C@H]1CCN(C(C)C)C1. The second kappa shape index (κ2) is 5.50. The van der Waals surface area contributed by atoms with Gasteiger partial charge in [-0.25, -0.2) is 0 Å². The minimum atomic E-state index is 0.209. The molecule has 88 valence electrons. The summed E-state index contributed by atoms with van der Waals surface area (Å²) in [6.07, 6.45) is 1.75. The number of nitrogens with one attached hydrogen (secondary N) is 1. The van der Waals surface area contributed by atoms with E-state index in [2.05, 4.69) is 37.9 Å². The maximum Gasteiger partial charge on any atom is 0.220 e. The van der Waals surface area contributed by atoms with E-state index >= 15 is 0 Å². The average molecular weight is 212 g/mol. The van der Waals surface area contributed by atoms with Crippen LogP contribution < -0.4 is 5.32 Å². The predicted molar refractivity (Wildman–Crippen MR) is 62.7 cm³/mol. The van der Waals surface area contributed by atoms with Crippen molar-refractivity contribution in [2.75, 3.05) is 13.1 Å². The highest BCUT2D eigenvalue weighted by Gasteiger charge is 2.25. The summed E-state index contributed by atoms with van der Waals surface area (Å²) in [7, 11) is 0. The van der Waals surface area contributed by atoms with Gasteiger partial charge in [0.25, 0.3) is 0 Å². The molecule has 0 spiro atoms. The van der Waals surface area contributed by atoms with Gasteiger partial charge in [0, 0.05) is 31.6 Å². The Morgan fingerprint density at radius 1 is 1.40 bits per heavy atom. The monoisotopic (exact) mass is 212 g/mol. The smallest absolute Gasteiger partial charge is 0.220 e. The lowest BCUT2D eigenvalue weighted by atomic mass is 10.1. The number of nitrogens with zero attached hydrogens (tertiary/aromatic N) is 1. The molecular formula is C12H24N2O. The first-order chi connectivity index (χ1) is 6.99. The number of hydrogen-bond acceptors (Lipinski definition) is 2. The largest absolute Gasteiger partial charge is 0.352 e. The lowest BCUT2D eigenvalue weighted by Crippen LogP contribution is -2.38. The molecule has 15 heavy (non-hydrogen) atoms. The van der Waals surface area contributed by atoms with Gasteiger partial charge >= 0.3 is 0 Å². The summed E-state index contributed by atoms with van der Waals surface area (Å²) < 4.78 is 0. The Hall–Kier alpha value is -0.570. The van der Waals surface area contributed by atoms with Crippen LogP contribution in [0.25, 0.3) is 0 Å². The second-order valence-corrected chi connectivity index (χ2v) is 5.24. The van der Waals surface area contributed by atoms with Crippen LogP contribution in [-0.4, -0.2) is 36.0 Å². The van der Waals surface area contributed by atoms with Gasteiger partial charge in [0.15, 0.2) is 0 Å². The van der Waals surface area contributed by atoms with Gasteiger partial charge in [-0.1, -0.05) is 13.8 Å². The molecule has 0 bridgehead atoms. The van der Waals surface area contributed by atoms with E-state index in [1.54, 1.807) is 0 Å². The molecule has 1 atom stereocenters. The third kappa shape index (κ3) is 4.20. The maximum atomic E-state index is 11.6. The van der Waals surface area contributed by atoms with Crippen molar-refractivity contribution in [3.63, 3.8) is 0 Å². The van der Waals surface area contributed by atoms with Crippen LogP contribution in [-0.2, 0) is 4.79 Å². The fourth-order valence-corrected chi connectivity index (χ4v) is 2.03. The van der Waals surface area contributed by atoms with Crippen molar-refractivity contribution >= 4 is 5.91 Å². The highest BCUT2D eigenvalue weighted by atomic mass is 16.1. The molecule has 1 amide bonds. The Bertz CT molecular complexity index is 214. The fourth-order valence-electron chi connectivity index (χ4n) is 2.03. The van der Waals surface area contributed by atoms with Crippen molar-refractivity contribution in [3.8, 4) is 0 Å². The third-order valence-electron chi connectivity index (χ3n) is 2.91. The molecule has 0 saturated carbocycles. The van der Waals surface area contributed by atoms with Crippen LogP contribution in [0.4, 0.5) is 0 Å². The van der Waals surface area contributed by atoms with E-state index in [-0.39, 0.29) is 5.91 Å². The maximum absolute atomic E-state index is 11.6. The van der Waals surface area contributed by atoms with Crippen molar-refractivity contribution < 1.29 is 4.79 Å². The van der Waals surface area contributed by atoms with Crippen LogP contribution in [0, 0.1) is 5.92 Å². The highest BCUT2D eigenvalue weighted by Crippen LogP contribution is 2.12. The minimum Gasteiger partial charge on any atom is -0.352 e. The average Bonchev–Trinajstić information content (AvgIpc) is 2.50. The minimum absolute atomic E-state index is 0.209. The third-order valence-corrected chi connectivity index (χ3v) is 2.91. The summed E-state index contributed by atoms with van der Waals surface area (Å²) in [5, 5.41) is 3.11. The van der Waals surface area contributed by atoms with Crippen molar-refractivity contribution in [2.45, 2.75) is 52.6 Å². The summed E-state index contributed by atoms with van der Waals surface area (Å²) >= 11 is 0. The summed E-state index contributed by atoms with van der Waals surface area (Å²) in [5.74, 6) is 0.660. The Labute approximate surface area is 93.2 Å². The number of rotatable bonds is 4. The standard InChI is InChI=1S/C12H24N2O/c1-9(2)7-12(15)13-11-5-6-14(8-11)10(3)4/h9-11H,5-8H2,1-4H3,(H,13,15)/t11-/m0/s1. The zero-order chi connectivity index (χ0) is 11.4. The van der Waals surface area contributed by atoms with Crippen LogP contribution in [0.15, 0.2) is 0 Å². The molecule has 0 radical (unpaired) electrons. The molecule has 1 saturated heterocycles. The molecule has 1 fully saturated rings. The molecular weight excluding hydrogens is 188 g/mol. The van der Waals surface area contributed by atoms with Crippen LogP contribution in [0.2, 0.25) is 0 Å². The second-order valence-electron chi connectivity index (χ2n) is 5.24. The molecule has 0 aromatic rings. The lowest BCUT2D eigenvalue weighted by Gasteiger charge is -2.20. The number of carbonyl (C=O) groups excluding carboxylic acids is 1. The first kappa shape index (κ1) is 12.5. The predicted octanol–water partition coefficient (Wildman–Crippen LogP) is 1.63. The quantitative estimate of drug-likeness (QED) is 0.768. The van der Waals surface area contributed by atoms with Gasteiger partial charge in [-0.2, -0.15) is 0 Å². The summed E-state index contributed by atoms with van der Waals surface area (Å²) in [5.41, 5.74) is 0. The van der Waals surface area contributed by atoms with E-state index in [0.717, 1.165) is 19.5 Å². The molecule has 1 N–H and O–H groups in total. The van der Waals surface area contributed by atoms with Crippen LogP contribution in [0.3, 0.4) is 0 Å². The lowest BCUT2D eigenvalue weighted by molar-refractivity contribution is -0.122. The van der Waals surface area contributed by atoms with E-state index in [1.165, 1.54) is 0 Å². The Morgan fingerprint density at radius 3 is 2.53 bits per heavy atom. The molecule has 0 unspecified atom stereocenters. The van der Waals surface area contributed by atoms with Crippen LogP contribution in [0.1, 0.15) is 40.5 Å². The molecule has 1 heterocycles. The van der Waals surface area contributed by atoms with Gasteiger partial charge in [0.2, 0.25) is 5.91 Å². The molecule has 1 rings (SSSR count). The molecule has 1 aliphatic heterocycles.